The number of carbonyl (C=O) groups is 2. The Labute approximate surface area is 160 Å². The molecule has 0 unspecified atom stereocenters. The fourth-order valence-electron chi connectivity index (χ4n) is 3.61. The molecule has 1 aromatic carbocycles. The second kappa shape index (κ2) is 8.80. The molecular formula is C22H27N3O2. The summed E-state index contributed by atoms with van der Waals surface area (Å²) < 4.78 is 0. The molecule has 1 aliphatic heterocycles. The molecule has 0 saturated carbocycles. The number of nitrogens with one attached hydrogen (secondary N) is 1. The van der Waals surface area contributed by atoms with Gasteiger partial charge in [-0.1, -0.05) is 50.2 Å². The monoisotopic (exact) mass is 365 g/mol. The van der Waals surface area contributed by atoms with Gasteiger partial charge in [0.15, 0.2) is 0 Å². The van der Waals surface area contributed by atoms with Crippen LogP contribution < -0.4 is 5.32 Å². The van der Waals surface area contributed by atoms with Gasteiger partial charge in [-0.2, -0.15) is 0 Å². The number of benzene rings is 1. The number of nitrogens with zero attached hydrogens (tertiary/aromatic N) is 2. The molecule has 2 amide bonds. The highest BCUT2D eigenvalue weighted by Crippen LogP contribution is 2.33. The maximum absolute atomic E-state index is 12.9. The summed E-state index contributed by atoms with van der Waals surface area (Å²) in [7, 11) is 0. The highest BCUT2D eigenvalue weighted by atomic mass is 16.2. The lowest BCUT2D eigenvalue weighted by Gasteiger charge is -2.18. The van der Waals surface area contributed by atoms with E-state index in [2.05, 4.69) is 10.3 Å². The van der Waals surface area contributed by atoms with E-state index >= 15 is 0 Å². The molecule has 1 fully saturated rings. The van der Waals surface area contributed by atoms with Crippen LogP contribution in [0.5, 0.6) is 0 Å². The first-order valence-corrected chi connectivity index (χ1v) is 9.54. The summed E-state index contributed by atoms with van der Waals surface area (Å²) in [5.41, 5.74) is 2.08. The van der Waals surface area contributed by atoms with Crippen LogP contribution in [0.3, 0.4) is 0 Å². The summed E-state index contributed by atoms with van der Waals surface area (Å²) in [5, 5.41) is 3.02. The van der Waals surface area contributed by atoms with E-state index in [9.17, 15) is 9.59 Å². The van der Waals surface area contributed by atoms with Crippen molar-refractivity contribution in [1.29, 1.82) is 0 Å². The van der Waals surface area contributed by atoms with Gasteiger partial charge in [0.2, 0.25) is 11.8 Å². The van der Waals surface area contributed by atoms with Crippen LogP contribution in [0.1, 0.15) is 37.3 Å². The number of amides is 2. The summed E-state index contributed by atoms with van der Waals surface area (Å²) in [6, 6.07) is 13.8. The predicted molar refractivity (Wildman–Crippen MR) is 105 cm³/mol. The van der Waals surface area contributed by atoms with Crippen LogP contribution in [0.15, 0.2) is 54.9 Å². The minimum Gasteiger partial charge on any atom is -0.352 e. The number of pyridine rings is 1. The van der Waals surface area contributed by atoms with Crippen LogP contribution in [0.4, 0.5) is 0 Å². The molecule has 1 saturated heterocycles. The average Bonchev–Trinajstić information content (AvgIpc) is 3.13. The fourth-order valence-corrected chi connectivity index (χ4v) is 3.61. The number of likely N-dealkylation sites (tertiary alicyclic amines) is 1. The Kier molecular flexibility index (Phi) is 6.22. The lowest BCUT2D eigenvalue weighted by atomic mass is 9.88. The van der Waals surface area contributed by atoms with E-state index < -0.39 is 0 Å². The van der Waals surface area contributed by atoms with E-state index in [4.69, 9.17) is 0 Å². The number of hydrogen-bond acceptors (Lipinski definition) is 3. The maximum Gasteiger partial charge on any atom is 0.225 e. The lowest BCUT2D eigenvalue weighted by Crippen LogP contribution is -2.35. The third-order valence-electron chi connectivity index (χ3n) is 5.01. The lowest BCUT2D eigenvalue weighted by molar-refractivity contribution is -0.131. The Balaban J connectivity index is 1.72. The quantitative estimate of drug-likeness (QED) is 0.856. The molecule has 0 aliphatic carbocycles. The Morgan fingerprint density at radius 3 is 2.59 bits per heavy atom. The van der Waals surface area contributed by atoms with Crippen molar-refractivity contribution >= 4 is 11.8 Å². The highest BCUT2D eigenvalue weighted by molar-refractivity contribution is 5.83. The van der Waals surface area contributed by atoms with Crippen molar-refractivity contribution < 1.29 is 9.59 Å². The standard InChI is InChI=1S/C22H27N3O2/c1-16(2)11-21(26)25-14-19(18-8-4-3-5-9-18)20(15-25)22(27)24-13-17-7-6-10-23-12-17/h3-10,12,16,19-20H,11,13-15H2,1-2H3,(H,24,27)/t19-,20+/m0/s1. The van der Waals surface area contributed by atoms with E-state index in [0.717, 1.165) is 11.1 Å². The zero-order valence-electron chi connectivity index (χ0n) is 16.0. The van der Waals surface area contributed by atoms with Crippen molar-refractivity contribution in [3.8, 4) is 0 Å². The molecule has 27 heavy (non-hydrogen) atoms. The molecule has 2 heterocycles. The topological polar surface area (TPSA) is 62.3 Å². The first-order chi connectivity index (χ1) is 13.0. The van der Waals surface area contributed by atoms with Gasteiger partial charge >= 0.3 is 0 Å². The Morgan fingerprint density at radius 1 is 1.15 bits per heavy atom. The van der Waals surface area contributed by atoms with Gasteiger partial charge in [-0.15, -0.1) is 0 Å². The number of rotatable bonds is 6. The van der Waals surface area contributed by atoms with E-state index in [0.29, 0.717) is 32.0 Å². The van der Waals surface area contributed by atoms with Gasteiger partial charge in [0.05, 0.1) is 5.92 Å². The summed E-state index contributed by atoms with van der Waals surface area (Å²) in [5.74, 6) is 0.226. The largest absolute Gasteiger partial charge is 0.352 e. The normalized spacial score (nSPS) is 19.3. The van der Waals surface area contributed by atoms with Crippen LogP contribution in [0, 0.1) is 11.8 Å². The third kappa shape index (κ3) is 4.94. The van der Waals surface area contributed by atoms with E-state index in [1.54, 1.807) is 12.4 Å². The maximum atomic E-state index is 12.9. The Morgan fingerprint density at radius 2 is 1.93 bits per heavy atom. The molecule has 0 spiro atoms. The van der Waals surface area contributed by atoms with Gasteiger partial charge < -0.3 is 10.2 Å². The van der Waals surface area contributed by atoms with E-state index in [1.807, 2.05) is 61.2 Å². The van der Waals surface area contributed by atoms with Crippen LogP contribution in [0.2, 0.25) is 0 Å². The number of carbonyl (C=O) groups excluding carboxylic acids is 2. The summed E-state index contributed by atoms with van der Waals surface area (Å²) in [4.78, 5) is 31.4. The molecule has 0 radical (unpaired) electrons. The first-order valence-electron chi connectivity index (χ1n) is 9.54. The van der Waals surface area contributed by atoms with Crippen LogP contribution in [-0.4, -0.2) is 34.8 Å². The minimum atomic E-state index is -0.236. The number of hydrogen-bond donors (Lipinski definition) is 1. The van der Waals surface area contributed by atoms with Crippen molar-refractivity contribution in [2.45, 2.75) is 32.7 Å². The van der Waals surface area contributed by atoms with Gasteiger partial charge in [-0.3, -0.25) is 14.6 Å². The predicted octanol–water partition coefficient (Wildman–Crippen LogP) is 2.99. The molecule has 1 aromatic heterocycles. The minimum absolute atomic E-state index is 0.00690. The molecule has 142 valence electrons. The molecule has 5 nitrogen and oxygen atoms in total. The second-order valence-electron chi connectivity index (χ2n) is 7.60. The van der Waals surface area contributed by atoms with Gasteiger partial charge in [0, 0.05) is 44.4 Å². The van der Waals surface area contributed by atoms with Gasteiger partial charge in [-0.05, 0) is 23.1 Å². The zero-order valence-corrected chi connectivity index (χ0v) is 16.0. The molecule has 2 atom stereocenters. The molecule has 0 bridgehead atoms. The second-order valence-corrected chi connectivity index (χ2v) is 7.60. The average molecular weight is 365 g/mol. The molecule has 5 heteroatoms. The summed E-state index contributed by atoms with van der Waals surface area (Å²) >= 11 is 0. The van der Waals surface area contributed by atoms with Crippen molar-refractivity contribution in [2.24, 2.45) is 11.8 Å². The smallest absolute Gasteiger partial charge is 0.225 e. The van der Waals surface area contributed by atoms with Crippen molar-refractivity contribution in [2.75, 3.05) is 13.1 Å². The summed E-state index contributed by atoms with van der Waals surface area (Å²) in [6.07, 6.45) is 3.99. The fraction of sp³-hybridized carbons (Fsp3) is 0.409. The van der Waals surface area contributed by atoms with Crippen LogP contribution in [-0.2, 0) is 16.1 Å². The highest BCUT2D eigenvalue weighted by Gasteiger charge is 2.40. The van der Waals surface area contributed by atoms with Crippen molar-refractivity contribution in [3.63, 3.8) is 0 Å². The van der Waals surface area contributed by atoms with Gasteiger partial charge in [0.1, 0.15) is 0 Å². The molecule has 1 aliphatic rings. The Bertz CT molecular complexity index is 762. The zero-order chi connectivity index (χ0) is 19.2. The van der Waals surface area contributed by atoms with Crippen molar-refractivity contribution in [1.82, 2.24) is 15.2 Å². The number of aromatic nitrogens is 1. The molecule has 1 N–H and O–H groups in total. The molecule has 3 rings (SSSR count). The molecule has 2 aromatic rings. The first kappa shape index (κ1) is 19.1. The molecular weight excluding hydrogens is 338 g/mol. The Hall–Kier alpha value is -2.69. The van der Waals surface area contributed by atoms with Crippen molar-refractivity contribution in [3.05, 3.63) is 66.0 Å². The van der Waals surface area contributed by atoms with Gasteiger partial charge in [0.25, 0.3) is 0 Å². The van der Waals surface area contributed by atoms with E-state index in [1.165, 1.54) is 0 Å². The van der Waals surface area contributed by atoms with Gasteiger partial charge in [-0.25, -0.2) is 0 Å². The third-order valence-corrected chi connectivity index (χ3v) is 5.01. The van der Waals surface area contributed by atoms with E-state index in [-0.39, 0.29) is 23.7 Å². The van der Waals surface area contributed by atoms with Crippen LogP contribution >= 0.6 is 0 Å². The summed E-state index contributed by atoms with van der Waals surface area (Å²) in [6.45, 7) is 5.61. The SMILES string of the molecule is CC(C)CC(=O)N1C[C@@H](C(=O)NCc2cccnc2)[C@H](c2ccccc2)C1. The van der Waals surface area contributed by atoms with Crippen LogP contribution in [0.25, 0.3) is 0 Å².